The highest BCUT2D eigenvalue weighted by Crippen LogP contribution is 2.33. The van der Waals surface area contributed by atoms with E-state index < -0.39 is 27.3 Å². The van der Waals surface area contributed by atoms with Crippen LogP contribution in [0.15, 0.2) is 88.7 Å². The Morgan fingerprint density at radius 1 is 0.941 bits per heavy atom. The lowest BCUT2D eigenvalue weighted by molar-refractivity contribution is -0.384. The second-order valence-corrected chi connectivity index (χ2v) is 6.75. The van der Waals surface area contributed by atoms with Gasteiger partial charge in [-0.1, -0.05) is 36.4 Å². The van der Waals surface area contributed by atoms with Gasteiger partial charge in [-0.3, -0.25) is 20.2 Å². The SMILES string of the molecule is CCOC(=O)/C(N=Nc1ccc(-c2ccccc2)cc1[N+](=O)[O-])=C(/O)c1ccc([N+](=O)[O-])cc1. The normalized spacial score (nSPS) is 11.7. The van der Waals surface area contributed by atoms with E-state index in [1.54, 1.807) is 37.3 Å². The van der Waals surface area contributed by atoms with Gasteiger partial charge in [-0.25, -0.2) is 4.79 Å². The lowest BCUT2D eigenvalue weighted by Gasteiger charge is -2.06. The van der Waals surface area contributed by atoms with Crippen LogP contribution < -0.4 is 0 Å². The Kier molecular flexibility index (Phi) is 7.39. The number of nitro groups is 2. The summed E-state index contributed by atoms with van der Waals surface area (Å²) in [6.45, 7) is 1.51. The maximum absolute atomic E-state index is 12.4. The van der Waals surface area contributed by atoms with E-state index in [1.165, 1.54) is 24.3 Å². The number of non-ortho nitro benzene ring substituents is 1. The van der Waals surface area contributed by atoms with Gasteiger partial charge >= 0.3 is 5.97 Å². The van der Waals surface area contributed by atoms with Crippen molar-refractivity contribution in [3.63, 3.8) is 0 Å². The first-order valence-corrected chi connectivity index (χ1v) is 9.92. The van der Waals surface area contributed by atoms with Gasteiger partial charge in [0.05, 0.1) is 16.5 Å². The standard InChI is InChI=1S/C23H18N4O7/c1-2-34-23(29)21(22(28)16-8-11-18(12-9-16)26(30)31)25-24-19-13-10-17(14-20(19)27(32)33)15-6-4-3-5-7-15/h3-14,28H,2H2,1H3/b22-21-,25-24?. The fraction of sp³-hybridized carbons (Fsp3) is 0.0870. The van der Waals surface area contributed by atoms with Gasteiger partial charge in [0.1, 0.15) is 0 Å². The molecule has 0 amide bonds. The predicted molar refractivity (Wildman–Crippen MR) is 122 cm³/mol. The van der Waals surface area contributed by atoms with Crippen LogP contribution in [0, 0.1) is 20.2 Å². The summed E-state index contributed by atoms with van der Waals surface area (Å²) in [5.74, 6) is -1.67. The monoisotopic (exact) mass is 462 g/mol. The third-order valence-corrected chi connectivity index (χ3v) is 4.58. The number of nitrogens with zero attached hydrogens (tertiary/aromatic N) is 4. The van der Waals surface area contributed by atoms with Gasteiger partial charge < -0.3 is 9.84 Å². The van der Waals surface area contributed by atoms with Crippen molar-refractivity contribution in [2.75, 3.05) is 6.61 Å². The van der Waals surface area contributed by atoms with E-state index in [1.807, 2.05) is 6.07 Å². The van der Waals surface area contributed by atoms with E-state index in [-0.39, 0.29) is 29.2 Å². The van der Waals surface area contributed by atoms with Crippen molar-refractivity contribution in [2.24, 2.45) is 10.2 Å². The number of ether oxygens (including phenoxy) is 1. The summed E-state index contributed by atoms with van der Waals surface area (Å²) in [4.78, 5) is 33.6. The average Bonchev–Trinajstić information content (AvgIpc) is 2.84. The Labute approximate surface area is 193 Å². The van der Waals surface area contributed by atoms with Crippen LogP contribution in [0.4, 0.5) is 17.1 Å². The van der Waals surface area contributed by atoms with Crippen molar-refractivity contribution < 1.29 is 24.5 Å². The second kappa shape index (κ2) is 10.6. The fourth-order valence-corrected chi connectivity index (χ4v) is 2.93. The highest BCUT2D eigenvalue weighted by Gasteiger charge is 2.21. The zero-order chi connectivity index (χ0) is 24.7. The number of aliphatic hydroxyl groups excluding tert-OH is 1. The Balaban J connectivity index is 2.04. The first-order valence-electron chi connectivity index (χ1n) is 9.92. The number of hydrogen-bond donors (Lipinski definition) is 1. The van der Waals surface area contributed by atoms with Crippen molar-refractivity contribution in [3.05, 3.63) is 104 Å². The van der Waals surface area contributed by atoms with E-state index in [9.17, 15) is 30.1 Å². The molecule has 0 aliphatic heterocycles. The summed E-state index contributed by atoms with van der Waals surface area (Å²) in [6, 6.07) is 18.0. The minimum absolute atomic E-state index is 0.0304. The summed E-state index contributed by atoms with van der Waals surface area (Å²) in [5, 5.41) is 40.6. The van der Waals surface area contributed by atoms with E-state index in [0.29, 0.717) is 5.56 Å². The van der Waals surface area contributed by atoms with Gasteiger partial charge in [0, 0.05) is 23.8 Å². The number of rotatable bonds is 8. The van der Waals surface area contributed by atoms with E-state index in [0.717, 1.165) is 17.7 Å². The van der Waals surface area contributed by atoms with Crippen LogP contribution in [0.5, 0.6) is 0 Å². The topological polar surface area (TPSA) is 158 Å². The fourth-order valence-electron chi connectivity index (χ4n) is 2.93. The molecule has 3 rings (SSSR count). The van der Waals surface area contributed by atoms with Crippen LogP contribution in [0.3, 0.4) is 0 Å². The zero-order valence-electron chi connectivity index (χ0n) is 17.8. The molecule has 0 atom stereocenters. The molecule has 11 nitrogen and oxygen atoms in total. The molecule has 0 fully saturated rings. The summed E-state index contributed by atoms with van der Waals surface area (Å²) in [7, 11) is 0. The Morgan fingerprint density at radius 2 is 1.62 bits per heavy atom. The number of aliphatic hydroxyl groups is 1. The summed E-state index contributed by atoms with van der Waals surface area (Å²) in [5.41, 5.74) is 0.0490. The minimum Gasteiger partial charge on any atom is -0.505 e. The number of hydrogen-bond acceptors (Lipinski definition) is 9. The number of azo groups is 1. The minimum atomic E-state index is -1.02. The van der Waals surface area contributed by atoms with E-state index >= 15 is 0 Å². The molecule has 0 saturated carbocycles. The van der Waals surface area contributed by atoms with Gasteiger partial charge in [0.25, 0.3) is 11.4 Å². The molecule has 0 heterocycles. The summed E-state index contributed by atoms with van der Waals surface area (Å²) < 4.78 is 4.90. The molecule has 3 aromatic carbocycles. The van der Waals surface area contributed by atoms with Gasteiger partial charge in [0.2, 0.25) is 5.70 Å². The third-order valence-electron chi connectivity index (χ3n) is 4.58. The molecular formula is C23H18N4O7. The largest absolute Gasteiger partial charge is 0.505 e. The first-order chi connectivity index (χ1) is 16.3. The number of esters is 1. The quantitative estimate of drug-likeness (QED) is 0.112. The first kappa shape index (κ1) is 23.7. The molecule has 0 bridgehead atoms. The highest BCUT2D eigenvalue weighted by molar-refractivity contribution is 5.95. The number of carbonyl (C=O) groups is 1. The smallest absolute Gasteiger partial charge is 0.362 e. The molecule has 0 aliphatic carbocycles. The molecule has 0 unspecified atom stereocenters. The van der Waals surface area contributed by atoms with Crippen LogP contribution in [0.25, 0.3) is 16.9 Å². The molecule has 0 radical (unpaired) electrons. The van der Waals surface area contributed by atoms with Gasteiger partial charge in [0.15, 0.2) is 11.4 Å². The van der Waals surface area contributed by atoms with Gasteiger partial charge in [-0.15, -0.1) is 10.2 Å². The Bertz CT molecular complexity index is 1290. The molecule has 0 aromatic heterocycles. The molecule has 172 valence electrons. The number of benzene rings is 3. The Hall–Kier alpha value is -4.93. The van der Waals surface area contributed by atoms with Crippen molar-refractivity contribution in [1.29, 1.82) is 0 Å². The molecule has 3 aromatic rings. The van der Waals surface area contributed by atoms with Crippen LogP contribution in [-0.4, -0.2) is 27.5 Å². The van der Waals surface area contributed by atoms with Crippen LogP contribution >= 0.6 is 0 Å². The molecule has 1 N–H and O–H groups in total. The molecule has 34 heavy (non-hydrogen) atoms. The zero-order valence-corrected chi connectivity index (χ0v) is 17.8. The lowest BCUT2D eigenvalue weighted by atomic mass is 10.0. The molecule has 0 spiro atoms. The number of nitro benzene ring substituents is 2. The van der Waals surface area contributed by atoms with Crippen molar-refractivity contribution in [1.82, 2.24) is 0 Å². The van der Waals surface area contributed by atoms with Crippen LogP contribution in [0.2, 0.25) is 0 Å². The van der Waals surface area contributed by atoms with Gasteiger partial charge in [-0.2, -0.15) is 0 Å². The van der Waals surface area contributed by atoms with Crippen LogP contribution in [-0.2, 0) is 9.53 Å². The average molecular weight is 462 g/mol. The maximum Gasteiger partial charge on any atom is 0.362 e. The van der Waals surface area contributed by atoms with Crippen molar-refractivity contribution in [3.8, 4) is 11.1 Å². The Morgan fingerprint density at radius 3 is 2.21 bits per heavy atom. The maximum atomic E-state index is 12.4. The van der Waals surface area contributed by atoms with E-state index in [2.05, 4.69) is 10.2 Å². The predicted octanol–water partition coefficient (Wildman–Crippen LogP) is 5.74. The molecule has 0 aliphatic rings. The molecule has 11 heteroatoms. The van der Waals surface area contributed by atoms with Crippen LogP contribution in [0.1, 0.15) is 12.5 Å². The second-order valence-electron chi connectivity index (χ2n) is 6.75. The lowest BCUT2D eigenvalue weighted by Crippen LogP contribution is -2.08. The molecule has 0 saturated heterocycles. The van der Waals surface area contributed by atoms with Crippen molar-refractivity contribution in [2.45, 2.75) is 6.92 Å². The number of carbonyl (C=O) groups excluding carboxylic acids is 1. The van der Waals surface area contributed by atoms with Crippen molar-refractivity contribution >= 4 is 28.8 Å². The highest BCUT2D eigenvalue weighted by atomic mass is 16.6. The van der Waals surface area contributed by atoms with E-state index in [4.69, 9.17) is 4.74 Å². The summed E-state index contributed by atoms with van der Waals surface area (Å²) >= 11 is 0. The van der Waals surface area contributed by atoms with Gasteiger partial charge in [-0.05, 0) is 36.2 Å². The molecular weight excluding hydrogens is 444 g/mol. The third kappa shape index (κ3) is 5.46. The summed E-state index contributed by atoms with van der Waals surface area (Å²) in [6.07, 6.45) is 0.